The summed E-state index contributed by atoms with van der Waals surface area (Å²) in [7, 11) is 0. The first-order valence-corrected chi connectivity index (χ1v) is 6.69. The number of carbonyl (C=O) groups excluding carboxylic acids is 1. The first-order valence-electron chi connectivity index (χ1n) is 6.69. The smallest absolute Gasteiger partial charge is 0.305 e. The second-order valence-corrected chi connectivity index (χ2v) is 4.88. The van der Waals surface area contributed by atoms with Crippen LogP contribution in [-0.2, 0) is 14.3 Å². The number of carbonyl (C=O) groups is 1. The van der Waals surface area contributed by atoms with Crippen LogP contribution in [0.2, 0.25) is 0 Å². The minimum absolute atomic E-state index is 0.107. The van der Waals surface area contributed by atoms with Crippen molar-refractivity contribution in [3.8, 4) is 0 Å². The fourth-order valence-electron chi connectivity index (χ4n) is 1.82. The molecule has 1 heterocycles. The van der Waals surface area contributed by atoms with Crippen LogP contribution in [0.4, 0.5) is 0 Å². The van der Waals surface area contributed by atoms with Gasteiger partial charge in [0.15, 0.2) is 0 Å². The number of hydrogen-bond acceptors (Lipinski definition) is 4. The average Bonchev–Trinajstić information content (AvgIpc) is 2.33. The molecule has 0 aromatic heterocycles. The summed E-state index contributed by atoms with van der Waals surface area (Å²) >= 11 is 0. The molecule has 0 radical (unpaired) electrons. The number of ether oxygens (including phenoxy) is 2. The highest BCUT2D eigenvalue weighted by Crippen LogP contribution is 2.12. The lowest BCUT2D eigenvalue weighted by atomic mass is 10.1. The fourth-order valence-corrected chi connectivity index (χ4v) is 1.82. The molecule has 17 heavy (non-hydrogen) atoms. The van der Waals surface area contributed by atoms with Gasteiger partial charge in [-0.25, -0.2) is 0 Å². The van der Waals surface area contributed by atoms with Gasteiger partial charge in [0.2, 0.25) is 0 Å². The van der Waals surface area contributed by atoms with E-state index in [2.05, 4.69) is 19.2 Å². The lowest BCUT2D eigenvalue weighted by Crippen LogP contribution is -2.27. The maximum atomic E-state index is 11.4. The Morgan fingerprint density at radius 2 is 2.29 bits per heavy atom. The van der Waals surface area contributed by atoms with Crippen LogP contribution < -0.4 is 5.32 Å². The molecule has 1 atom stereocenters. The Kier molecular flexibility index (Phi) is 7.21. The minimum Gasteiger partial charge on any atom is -0.463 e. The monoisotopic (exact) mass is 243 g/mol. The van der Waals surface area contributed by atoms with Crippen molar-refractivity contribution in [3.63, 3.8) is 0 Å². The van der Waals surface area contributed by atoms with Gasteiger partial charge in [-0.05, 0) is 32.2 Å². The van der Waals surface area contributed by atoms with Crippen molar-refractivity contribution in [2.45, 2.75) is 58.1 Å². The van der Waals surface area contributed by atoms with Gasteiger partial charge in [-0.1, -0.05) is 13.8 Å². The highest BCUT2D eigenvalue weighted by atomic mass is 16.6. The second kappa shape index (κ2) is 8.48. The van der Waals surface area contributed by atoms with Crippen LogP contribution in [0.3, 0.4) is 0 Å². The van der Waals surface area contributed by atoms with Gasteiger partial charge < -0.3 is 14.8 Å². The van der Waals surface area contributed by atoms with E-state index in [1.54, 1.807) is 0 Å². The Balaban J connectivity index is 1.96. The predicted octanol–water partition coefficient (Wildman–Crippen LogP) is 1.88. The molecule has 0 aliphatic carbocycles. The molecule has 0 aromatic carbocycles. The maximum absolute atomic E-state index is 11.4. The van der Waals surface area contributed by atoms with Gasteiger partial charge >= 0.3 is 5.97 Å². The average molecular weight is 243 g/mol. The van der Waals surface area contributed by atoms with Crippen LogP contribution in [0.1, 0.15) is 46.0 Å². The number of esters is 1. The van der Waals surface area contributed by atoms with E-state index in [0.717, 1.165) is 32.4 Å². The van der Waals surface area contributed by atoms with Crippen molar-refractivity contribution in [2.75, 3.05) is 19.8 Å². The third kappa shape index (κ3) is 7.34. The second-order valence-electron chi connectivity index (χ2n) is 4.88. The number of nitrogens with one attached hydrogen (secondary N) is 1. The molecule has 100 valence electrons. The van der Waals surface area contributed by atoms with Gasteiger partial charge in [0.05, 0.1) is 6.10 Å². The highest BCUT2D eigenvalue weighted by Gasteiger charge is 2.15. The zero-order valence-corrected chi connectivity index (χ0v) is 11.0. The summed E-state index contributed by atoms with van der Waals surface area (Å²) in [6.45, 7) is 6.29. The quantitative estimate of drug-likeness (QED) is 0.548. The molecular formula is C13H25NO3. The molecule has 1 saturated heterocycles. The Morgan fingerprint density at radius 1 is 1.47 bits per heavy atom. The molecule has 1 fully saturated rings. The molecule has 1 unspecified atom stereocenters. The van der Waals surface area contributed by atoms with Gasteiger partial charge in [0.1, 0.15) is 6.61 Å². The van der Waals surface area contributed by atoms with Crippen LogP contribution in [0.5, 0.6) is 0 Å². The molecule has 0 amide bonds. The Labute approximate surface area is 104 Å². The first-order chi connectivity index (χ1) is 8.18. The molecular weight excluding hydrogens is 218 g/mol. The molecule has 0 saturated carbocycles. The number of rotatable bonds is 7. The normalized spacial score (nSPS) is 20.5. The van der Waals surface area contributed by atoms with E-state index in [-0.39, 0.29) is 12.1 Å². The van der Waals surface area contributed by atoms with Crippen molar-refractivity contribution in [3.05, 3.63) is 0 Å². The molecule has 1 rings (SSSR count). The third-order valence-electron chi connectivity index (χ3n) is 2.81. The van der Waals surface area contributed by atoms with Crippen LogP contribution in [0.15, 0.2) is 0 Å². The van der Waals surface area contributed by atoms with Crippen LogP contribution in [-0.4, -0.2) is 37.9 Å². The molecule has 1 aliphatic heterocycles. The third-order valence-corrected chi connectivity index (χ3v) is 2.81. The standard InChI is InChI=1S/C13H25NO3/c1-11(2)14-8-5-7-13(15)17-10-12-6-3-4-9-16-12/h11-12,14H,3-10H2,1-2H3. The molecule has 0 aromatic rings. The summed E-state index contributed by atoms with van der Waals surface area (Å²) < 4.78 is 10.7. The van der Waals surface area contributed by atoms with E-state index in [4.69, 9.17) is 9.47 Å². The van der Waals surface area contributed by atoms with Gasteiger partial charge in [-0.2, -0.15) is 0 Å². The topological polar surface area (TPSA) is 47.6 Å². The van der Waals surface area contributed by atoms with Gasteiger partial charge in [0.25, 0.3) is 0 Å². The number of hydrogen-bond donors (Lipinski definition) is 1. The summed E-state index contributed by atoms with van der Waals surface area (Å²) in [5.41, 5.74) is 0. The van der Waals surface area contributed by atoms with Crippen molar-refractivity contribution < 1.29 is 14.3 Å². The highest BCUT2D eigenvalue weighted by molar-refractivity contribution is 5.69. The summed E-state index contributed by atoms with van der Waals surface area (Å²) in [5.74, 6) is -0.107. The molecule has 0 spiro atoms. The maximum Gasteiger partial charge on any atom is 0.305 e. The minimum atomic E-state index is -0.107. The van der Waals surface area contributed by atoms with Crippen LogP contribution >= 0.6 is 0 Å². The zero-order valence-electron chi connectivity index (χ0n) is 11.0. The van der Waals surface area contributed by atoms with E-state index in [9.17, 15) is 4.79 Å². The van der Waals surface area contributed by atoms with E-state index in [1.807, 2.05) is 0 Å². The largest absolute Gasteiger partial charge is 0.463 e. The van der Waals surface area contributed by atoms with Crippen LogP contribution in [0, 0.1) is 0 Å². The van der Waals surface area contributed by atoms with Crippen molar-refractivity contribution in [2.24, 2.45) is 0 Å². The molecule has 1 aliphatic rings. The van der Waals surface area contributed by atoms with Crippen molar-refractivity contribution in [1.29, 1.82) is 0 Å². The van der Waals surface area contributed by atoms with Gasteiger partial charge in [-0.3, -0.25) is 4.79 Å². The molecule has 4 nitrogen and oxygen atoms in total. The fraction of sp³-hybridized carbons (Fsp3) is 0.923. The molecule has 0 bridgehead atoms. The molecule has 4 heteroatoms. The summed E-state index contributed by atoms with van der Waals surface area (Å²) in [6, 6.07) is 0.474. The Hall–Kier alpha value is -0.610. The van der Waals surface area contributed by atoms with E-state index < -0.39 is 0 Å². The first kappa shape index (κ1) is 14.5. The van der Waals surface area contributed by atoms with Gasteiger partial charge in [-0.15, -0.1) is 0 Å². The van der Waals surface area contributed by atoms with E-state index >= 15 is 0 Å². The summed E-state index contributed by atoms with van der Waals surface area (Å²) in [5, 5.41) is 3.27. The van der Waals surface area contributed by atoms with E-state index in [0.29, 0.717) is 19.1 Å². The van der Waals surface area contributed by atoms with Crippen molar-refractivity contribution >= 4 is 5.97 Å². The Bertz CT molecular complexity index is 213. The summed E-state index contributed by atoms with van der Waals surface area (Å²) in [4.78, 5) is 11.4. The Morgan fingerprint density at radius 3 is 2.94 bits per heavy atom. The lowest BCUT2D eigenvalue weighted by Gasteiger charge is -2.22. The zero-order chi connectivity index (χ0) is 12.5. The van der Waals surface area contributed by atoms with Crippen LogP contribution in [0.25, 0.3) is 0 Å². The lowest BCUT2D eigenvalue weighted by molar-refractivity contribution is -0.149. The summed E-state index contributed by atoms with van der Waals surface area (Å²) in [6.07, 6.45) is 4.78. The van der Waals surface area contributed by atoms with Crippen molar-refractivity contribution in [1.82, 2.24) is 5.32 Å². The molecule has 1 N–H and O–H groups in total. The SMILES string of the molecule is CC(C)NCCCC(=O)OCC1CCCCO1. The predicted molar refractivity (Wildman–Crippen MR) is 66.9 cm³/mol. The van der Waals surface area contributed by atoms with E-state index in [1.165, 1.54) is 6.42 Å². The van der Waals surface area contributed by atoms with Gasteiger partial charge in [0, 0.05) is 19.1 Å².